The number of aromatic nitrogens is 1. The zero-order valence-corrected chi connectivity index (χ0v) is 18.4. The number of nitrogens with zero attached hydrogens (tertiary/aromatic N) is 2. The number of pyridine rings is 1. The number of carbonyl (C=O) groups is 2. The number of halogens is 2. The van der Waals surface area contributed by atoms with Crippen LogP contribution in [0.1, 0.15) is 46.7 Å². The third-order valence-electron chi connectivity index (χ3n) is 5.67. The van der Waals surface area contributed by atoms with Gasteiger partial charge in [0.1, 0.15) is 17.2 Å². The van der Waals surface area contributed by atoms with Crippen molar-refractivity contribution in [1.29, 1.82) is 0 Å². The van der Waals surface area contributed by atoms with Crippen molar-refractivity contribution in [3.8, 4) is 5.75 Å². The first kappa shape index (κ1) is 22.3. The number of carbonyl (C=O) groups excluding carboxylic acids is 2. The molecule has 32 heavy (non-hydrogen) atoms. The Kier molecular flexibility index (Phi) is 5.98. The molecule has 0 radical (unpaired) electrons. The Labute approximate surface area is 187 Å². The molecule has 3 heterocycles. The Bertz CT molecular complexity index is 1150. The second-order valence-electron chi connectivity index (χ2n) is 8.42. The first-order chi connectivity index (χ1) is 15.2. The van der Waals surface area contributed by atoms with Gasteiger partial charge in [0.2, 0.25) is 5.43 Å². The lowest BCUT2D eigenvalue weighted by atomic mass is 10.0. The molecule has 10 heteroatoms. The maximum Gasteiger partial charge on any atom is 0.275 e. The summed E-state index contributed by atoms with van der Waals surface area (Å²) in [6.07, 6.45) is 2.08. The summed E-state index contributed by atoms with van der Waals surface area (Å²) in [5, 5.41) is 12.8. The number of amides is 2. The number of rotatable bonds is 5. The van der Waals surface area contributed by atoms with Crippen molar-refractivity contribution in [2.75, 3.05) is 5.75 Å². The average Bonchev–Trinajstić information content (AvgIpc) is 3.11. The van der Waals surface area contributed by atoms with E-state index >= 15 is 0 Å². The van der Waals surface area contributed by atoms with E-state index in [0.29, 0.717) is 18.5 Å². The molecular weight excluding hydrogens is 440 g/mol. The molecule has 7 nitrogen and oxygen atoms in total. The summed E-state index contributed by atoms with van der Waals surface area (Å²) in [7, 11) is 0. The van der Waals surface area contributed by atoms with Gasteiger partial charge in [0, 0.05) is 36.2 Å². The van der Waals surface area contributed by atoms with E-state index in [0.717, 1.165) is 18.2 Å². The van der Waals surface area contributed by atoms with Gasteiger partial charge in [-0.3, -0.25) is 14.4 Å². The Morgan fingerprint density at radius 1 is 1.31 bits per heavy atom. The van der Waals surface area contributed by atoms with Gasteiger partial charge in [0.15, 0.2) is 11.4 Å². The number of aromatic hydroxyl groups is 1. The lowest BCUT2D eigenvalue weighted by molar-refractivity contribution is 0.0600. The fourth-order valence-electron chi connectivity index (χ4n) is 4.19. The smallest absolute Gasteiger partial charge is 0.275 e. The molecule has 0 spiro atoms. The first-order valence-electron chi connectivity index (χ1n) is 10.3. The molecule has 1 fully saturated rings. The van der Waals surface area contributed by atoms with Crippen LogP contribution < -0.4 is 10.7 Å². The topological polar surface area (TPSA) is 91.6 Å². The molecule has 2 N–H and O–H groups in total. The first-order valence-corrected chi connectivity index (χ1v) is 11.3. The van der Waals surface area contributed by atoms with Crippen molar-refractivity contribution in [1.82, 2.24) is 14.8 Å². The summed E-state index contributed by atoms with van der Waals surface area (Å²) < 4.78 is 28.3. The van der Waals surface area contributed by atoms with Crippen LogP contribution in [0.5, 0.6) is 5.75 Å². The highest BCUT2D eigenvalue weighted by atomic mass is 32.2. The Morgan fingerprint density at radius 3 is 2.75 bits per heavy atom. The van der Waals surface area contributed by atoms with Crippen LogP contribution >= 0.6 is 11.8 Å². The van der Waals surface area contributed by atoms with Crippen molar-refractivity contribution >= 4 is 23.6 Å². The summed E-state index contributed by atoms with van der Waals surface area (Å²) in [5.74, 6) is -2.42. The molecule has 2 aliphatic rings. The molecule has 170 valence electrons. The maximum atomic E-state index is 13.8. The van der Waals surface area contributed by atoms with Crippen molar-refractivity contribution in [2.24, 2.45) is 5.92 Å². The van der Waals surface area contributed by atoms with Gasteiger partial charge >= 0.3 is 0 Å². The van der Waals surface area contributed by atoms with Gasteiger partial charge < -0.3 is 19.9 Å². The number of thioether (sulfide) groups is 1. The summed E-state index contributed by atoms with van der Waals surface area (Å²) in [6.45, 7) is 4.21. The highest BCUT2D eigenvalue weighted by molar-refractivity contribution is 8.00. The molecule has 2 atom stereocenters. The number of benzene rings is 1. The highest BCUT2D eigenvalue weighted by Gasteiger charge is 2.44. The minimum absolute atomic E-state index is 0.0225. The van der Waals surface area contributed by atoms with Crippen molar-refractivity contribution < 1.29 is 23.5 Å². The predicted molar refractivity (Wildman–Crippen MR) is 116 cm³/mol. The summed E-state index contributed by atoms with van der Waals surface area (Å²) >= 11 is 1.63. The number of nitrogens with one attached hydrogen (secondary N) is 1. The number of hydrogen-bond acceptors (Lipinski definition) is 5. The van der Waals surface area contributed by atoms with Gasteiger partial charge in [0.05, 0.1) is 11.9 Å². The van der Waals surface area contributed by atoms with E-state index in [9.17, 15) is 28.3 Å². The van der Waals surface area contributed by atoms with Gasteiger partial charge in [-0.25, -0.2) is 8.78 Å². The summed E-state index contributed by atoms with van der Waals surface area (Å²) in [6, 6.07) is 2.98. The Balaban J connectivity index is 1.60. The van der Waals surface area contributed by atoms with Crippen LogP contribution in [0, 0.1) is 17.6 Å². The third-order valence-corrected chi connectivity index (χ3v) is 7.01. The van der Waals surface area contributed by atoms with Crippen LogP contribution in [-0.4, -0.2) is 43.6 Å². The fraction of sp³-hybridized carbons (Fsp3) is 0.409. The summed E-state index contributed by atoms with van der Waals surface area (Å²) in [4.78, 5) is 40.2. The largest absolute Gasteiger partial charge is 0.503 e. The van der Waals surface area contributed by atoms with Crippen LogP contribution in [0.4, 0.5) is 8.78 Å². The fourth-order valence-corrected chi connectivity index (χ4v) is 5.62. The Morgan fingerprint density at radius 2 is 2.06 bits per heavy atom. The Hall–Kier alpha value is -2.88. The van der Waals surface area contributed by atoms with Gasteiger partial charge in [-0.15, -0.1) is 11.8 Å². The van der Waals surface area contributed by atoms with Crippen LogP contribution in [0.15, 0.2) is 29.2 Å². The van der Waals surface area contributed by atoms with E-state index in [4.69, 9.17) is 0 Å². The van der Waals surface area contributed by atoms with E-state index in [1.807, 2.05) is 0 Å². The van der Waals surface area contributed by atoms with Crippen LogP contribution in [0.3, 0.4) is 0 Å². The SMILES string of the molecule is CC(C)C[C@@H]1CSC2Cn3cc(C(=O)NCc4ccc(F)cc4F)c(=O)c(O)c3C(=O)N21. The lowest BCUT2D eigenvalue weighted by Gasteiger charge is -2.36. The molecule has 1 unspecified atom stereocenters. The molecule has 1 aromatic carbocycles. The van der Waals surface area contributed by atoms with E-state index in [1.165, 1.54) is 16.8 Å². The predicted octanol–water partition coefficient (Wildman–Crippen LogP) is 2.71. The molecule has 0 aliphatic carbocycles. The standard InChI is InChI=1S/C22H23F2N3O4S/c1-11(2)5-14-10-32-17-9-26-8-15(19(28)20(29)18(26)22(31)27(14)17)21(30)25-7-12-3-4-13(23)6-16(12)24/h3-4,6,8,11,14,17,29H,5,7,9-10H2,1-2H3,(H,25,30)/t14-,17?/m1/s1. The van der Waals surface area contributed by atoms with Crippen molar-refractivity contribution in [3.63, 3.8) is 0 Å². The van der Waals surface area contributed by atoms with E-state index < -0.39 is 34.6 Å². The normalized spacial score (nSPS) is 19.8. The van der Waals surface area contributed by atoms with Gasteiger partial charge in [-0.05, 0) is 18.4 Å². The molecule has 4 rings (SSSR count). The summed E-state index contributed by atoms with van der Waals surface area (Å²) in [5.41, 5.74) is -1.39. The molecule has 2 aliphatic heterocycles. The number of fused-ring (bicyclic) bond motifs is 2. The maximum absolute atomic E-state index is 13.8. The third kappa shape index (κ3) is 3.99. The molecule has 0 bridgehead atoms. The van der Waals surface area contributed by atoms with E-state index in [1.54, 1.807) is 16.7 Å². The van der Waals surface area contributed by atoms with E-state index in [2.05, 4.69) is 19.2 Å². The monoisotopic (exact) mass is 463 g/mol. The number of hydrogen-bond donors (Lipinski definition) is 2. The second-order valence-corrected chi connectivity index (χ2v) is 9.63. The molecule has 1 saturated heterocycles. The lowest BCUT2D eigenvalue weighted by Crippen LogP contribution is -2.49. The van der Waals surface area contributed by atoms with Gasteiger partial charge in [-0.2, -0.15) is 0 Å². The van der Waals surface area contributed by atoms with Gasteiger partial charge in [-0.1, -0.05) is 19.9 Å². The van der Waals surface area contributed by atoms with Crippen LogP contribution in [-0.2, 0) is 13.1 Å². The minimum Gasteiger partial charge on any atom is -0.503 e. The second kappa shape index (κ2) is 8.57. The highest BCUT2D eigenvalue weighted by Crippen LogP contribution is 2.38. The molecule has 1 aromatic heterocycles. The van der Waals surface area contributed by atoms with Crippen molar-refractivity contribution in [2.45, 2.75) is 44.8 Å². The van der Waals surface area contributed by atoms with Crippen molar-refractivity contribution in [3.05, 3.63) is 63.1 Å². The zero-order valence-electron chi connectivity index (χ0n) is 17.6. The minimum atomic E-state index is -0.965. The molecule has 2 aromatic rings. The zero-order chi connectivity index (χ0) is 23.2. The van der Waals surface area contributed by atoms with E-state index in [-0.39, 0.29) is 34.8 Å². The van der Waals surface area contributed by atoms with Gasteiger partial charge in [0.25, 0.3) is 11.8 Å². The van der Waals surface area contributed by atoms with Crippen LogP contribution in [0.2, 0.25) is 0 Å². The quantitative estimate of drug-likeness (QED) is 0.712. The van der Waals surface area contributed by atoms with Crippen LogP contribution in [0.25, 0.3) is 0 Å². The average molecular weight is 464 g/mol. The molecule has 2 amide bonds. The molecular formula is C22H23F2N3O4S. The molecule has 0 saturated carbocycles.